The Labute approximate surface area is 133 Å². The van der Waals surface area contributed by atoms with E-state index in [1.165, 1.54) is 23.3 Å². The van der Waals surface area contributed by atoms with Crippen molar-refractivity contribution < 1.29 is 0 Å². The minimum Gasteiger partial charge on any atom is -0.144 e. The summed E-state index contributed by atoms with van der Waals surface area (Å²) >= 11 is 1.78. The molecule has 0 aliphatic heterocycles. The lowest BCUT2D eigenvalue weighted by atomic mass is 10.2. The van der Waals surface area contributed by atoms with Gasteiger partial charge in [0.15, 0.2) is 0 Å². The molecule has 102 valence electrons. The normalized spacial score (nSPS) is 8.00. The maximum absolute atomic E-state index is 2.18. The first-order valence-corrected chi connectivity index (χ1v) is 7.35. The molecule has 0 nitrogen and oxygen atoms in total. The van der Waals surface area contributed by atoms with Gasteiger partial charge in [0.2, 0.25) is 0 Å². The van der Waals surface area contributed by atoms with E-state index in [-0.39, 0.29) is 24.0 Å². The second kappa shape index (κ2) is 14.7. The molecule has 0 atom stereocenters. The van der Waals surface area contributed by atoms with Crippen molar-refractivity contribution in [1.82, 2.24) is 0 Å². The maximum Gasteiger partial charge on any atom is 0.0342 e. The zero-order valence-electron chi connectivity index (χ0n) is 11.8. The first-order chi connectivity index (χ1) is 8.38. The summed E-state index contributed by atoms with van der Waals surface area (Å²) in [4.78, 5) is 1.34. The monoisotopic (exact) mass is 376 g/mol. The first-order valence-electron chi connectivity index (χ1n) is 6.47. The Kier molecular flexibility index (Phi) is 16.3. The number of halogens is 1. The van der Waals surface area contributed by atoms with Crippen molar-refractivity contribution in [2.45, 2.75) is 40.5 Å². The highest BCUT2D eigenvalue weighted by Crippen LogP contribution is 2.23. The van der Waals surface area contributed by atoms with E-state index < -0.39 is 0 Å². The molecule has 0 bridgehead atoms. The Balaban J connectivity index is 0. The maximum atomic E-state index is 2.18. The summed E-state index contributed by atoms with van der Waals surface area (Å²) < 4.78 is 0. The number of unbranched alkanes of at least 4 members (excludes halogenated alkanes) is 1. The van der Waals surface area contributed by atoms with Crippen molar-refractivity contribution in [2.75, 3.05) is 0 Å². The third kappa shape index (κ3) is 8.70. The van der Waals surface area contributed by atoms with Crippen LogP contribution in [0.25, 0.3) is 10.4 Å². The van der Waals surface area contributed by atoms with Crippen molar-refractivity contribution in [3.63, 3.8) is 0 Å². The van der Waals surface area contributed by atoms with E-state index in [0.717, 1.165) is 0 Å². The molecule has 0 saturated heterocycles. The Morgan fingerprint density at radius 2 is 1.39 bits per heavy atom. The van der Waals surface area contributed by atoms with Crippen LogP contribution < -0.4 is 0 Å². The van der Waals surface area contributed by atoms with Gasteiger partial charge in [0, 0.05) is 4.88 Å². The van der Waals surface area contributed by atoms with E-state index in [4.69, 9.17) is 0 Å². The van der Waals surface area contributed by atoms with E-state index in [1.54, 1.807) is 11.3 Å². The SMILES string of the molecule is CC.CCCC.I.c1ccc(-c2cccs2)cc1. The summed E-state index contributed by atoms with van der Waals surface area (Å²) in [6, 6.07) is 14.6. The minimum atomic E-state index is 0. The quantitative estimate of drug-likeness (QED) is 0.502. The van der Waals surface area contributed by atoms with Crippen LogP contribution in [0.2, 0.25) is 0 Å². The average Bonchev–Trinajstić information content (AvgIpc) is 2.96. The molecule has 0 N–H and O–H groups in total. The van der Waals surface area contributed by atoms with Crippen molar-refractivity contribution >= 4 is 35.3 Å². The summed E-state index contributed by atoms with van der Waals surface area (Å²) in [5, 5.41) is 2.10. The second-order valence-electron chi connectivity index (χ2n) is 3.34. The van der Waals surface area contributed by atoms with Gasteiger partial charge in [0.1, 0.15) is 0 Å². The highest BCUT2D eigenvalue weighted by molar-refractivity contribution is 14.0. The van der Waals surface area contributed by atoms with Crippen LogP contribution in [0.1, 0.15) is 40.5 Å². The first kappa shape index (κ1) is 20.0. The van der Waals surface area contributed by atoms with Crippen LogP contribution >= 0.6 is 35.3 Å². The van der Waals surface area contributed by atoms with Crippen LogP contribution in [0.15, 0.2) is 47.8 Å². The lowest BCUT2D eigenvalue weighted by molar-refractivity contribution is 0.886. The summed E-state index contributed by atoms with van der Waals surface area (Å²) in [5.41, 5.74) is 1.31. The third-order valence-electron chi connectivity index (χ3n) is 2.08. The van der Waals surface area contributed by atoms with E-state index in [1.807, 2.05) is 19.9 Å². The smallest absolute Gasteiger partial charge is 0.0342 e. The lowest BCUT2D eigenvalue weighted by Crippen LogP contribution is -1.67. The zero-order chi connectivity index (χ0) is 12.9. The molecule has 0 unspecified atom stereocenters. The average molecular weight is 376 g/mol. The van der Waals surface area contributed by atoms with E-state index in [9.17, 15) is 0 Å². The van der Waals surface area contributed by atoms with E-state index in [2.05, 4.69) is 55.6 Å². The van der Waals surface area contributed by atoms with Gasteiger partial charge < -0.3 is 0 Å². The zero-order valence-corrected chi connectivity index (χ0v) is 15.0. The van der Waals surface area contributed by atoms with Gasteiger partial charge in [0.25, 0.3) is 0 Å². The molecule has 0 radical (unpaired) electrons. The van der Waals surface area contributed by atoms with Crippen molar-refractivity contribution in [3.8, 4) is 10.4 Å². The highest BCUT2D eigenvalue weighted by Gasteiger charge is 1.93. The molecular formula is C16H25IS. The largest absolute Gasteiger partial charge is 0.144 e. The van der Waals surface area contributed by atoms with Crippen LogP contribution in [0.4, 0.5) is 0 Å². The molecule has 0 fully saturated rings. The molecule has 0 amide bonds. The summed E-state index contributed by atoms with van der Waals surface area (Å²) in [6.07, 6.45) is 2.64. The van der Waals surface area contributed by atoms with Crippen LogP contribution in [0.3, 0.4) is 0 Å². The number of thiophene rings is 1. The van der Waals surface area contributed by atoms with Gasteiger partial charge in [-0.05, 0) is 17.0 Å². The van der Waals surface area contributed by atoms with Crippen LogP contribution in [-0.4, -0.2) is 0 Å². The Bertz CT molecular complexity index is 339. The fourth-order valence-electron chi connectivity index (χ4n) is 1.05. The van der Waals surface area contributed by atoms with Gasteiger partial charge in [-0.15, -0.1) is 35.3 Å². The van der Waals surface area contributed by atoms with Crippen molar-refractivity contribution in [2.24, 2.45) is 0 Å². The Hall–Kier alpha value is -0.350. The number of hydrogen-bond acceptors (Lipinski definition) is 1. The minimum absolute atomic E-state index is 0. The number of hydrogen-bond donors (Lipinski definition) is 0. The Morgan fingerprint density at radius 1 is 0.833 bits per heavy atom. The van der Waals surface area contributed by atoms with Gasteiger partial charge in [0.05, 0.1) is 0 Å². The molecule has 1 heterocycles. The number of benzene rings is 1. The molecule has 2 aromatic rings. The van der Waals surface area contributed by atoms with Gasteiger partial charge in [-0.25, -0.2) is 0 Å². The molecule has 0 aliphatic rings. The lowest BCUT2D eigenvalue weighted by Gasteiger charge is -1.93. The molecule has 18 heavy (non-hydrogen) atoms. The van der Waals surface area contributed by atoms with E-state index in [0.29, 0.717) is 0 Å². The highest BCUT2D eigenvalue weighted by atomic mass is 127. The van der Waals surface area contributed by atoms with Gasteiger partial charge in [-0.3, -0.25) is 0 Å². The van der Waals surface area contributed by atoms with Gasteiger partial charge in [-0.1, -0.05) is 76.9 Å². The third-order valence-corrected chi connectivity index (χ3v) is 3.00. The fraction of sp³-hybridized carbons (Fsp3) is 0.375. The molecule has 1 aromatic heterocycles. The molecule has 0 spiro atoms. The number of rotatable bonds is 2. The molecule has 1 aromatic carbocycles. The molecular weight excluding hydrogens is 351 g/mol. The van der Waals surface area contributed by atoms with Crippen LogP contribution in [-0.2, 0) is 0 Å². The second-order valence-corrected chi connectivity index (χ2v) is 4.29. The van der Waals surface area contributed by atoms with Crippen molar-refractivity contribution in [1.29, 1.82) is 0 Å². The van der Waals surface area contributed by atoms with Crippen LogP contribution in [0.5, 0.6) is 0 Å². The molecule has 2 rings (SSSR count). The Morgan fingerprint density at radius 3 is 1.78 bits per heavy atom. The predicted octanol–water partition coefficient (Wildman–Crippen LogP) is 6.87. The van der Waals surface area contributed by atoms with E-state index >= 15 is 0 Å². The molecule has 0 aliphatic carbocycles. The summed E-state index contributed by atoms with van der Waals surface area (Å²) in [7, 11) is 0. The molecule has 2 heteroatoms. The molecule has 0 saturated carbocycles. The standard InChI is InChI=1S/C10H8S.C4H10.C2H6.HI/c1-2-5-9(6-3-1)10-7-4-8-11-10;1-3-4-2;1-2;/h1-8H;3-4H2,1-2H3;1-2H3;1H. The van der Waals surface area contributed by atoms with Gasteiger partial charge in [-0.2, -0.15) is 0 Å². The summed E-state index contributed by atoms with van der Waals surface area (Å²) in [5.74, 6) is 0. The topological polar surface area (TPSA) is 0 Å². The summed E-state index contributed by atoms with van der Waals surface area (Å²) in [6.45, 7) is 8.36. The van der Waals surface area contributed by atoms with Crippen LogP contribution in [0, 0.1) is 0 Å². The predicted molar refractivity (Wildman–Crippen MR) is 97.1 cm³/mol. The van der Waals surface area contributed by atoms with Crippen molar-refractivity contribution in [3.05, 3.63) is 47.8 Å². The van der Waals surface area contributed by atoms with Gasteiger partial charge >= 0.3 is 0 Å². The fourth-order valence-corrected chi connectivity index (χ4v) is 1.78.